The van der Waals surface area contributed by atoms with Gasteiger partial charge in [0.15, 0.2) is 0 Å². The lowest BCUT2D eigenvalue weighted by Gasteiger charge is -2.10. The highest BCUT2D eigenvalue weighted by Crippen LogP contribution is 2.44. The number of nitrogens with one attached hydrogen (secondary N) is 2. The minimum absolute atomic E-state index is 0.0537. The lowest BCUT2D eigenvalue weighted by atomic mass is 10.0. The van der Waals surface area contributed by atoms with Crippen LogP contribution in [0.4, 0.5) is 11.4 Å². The average molecular weight is 548 g/mol. The van der Waals surface area contributed by atoms with Gasteiger partial charge in [-0.2, -0.15) is 5.10 Å². The van der Waals surface area contributed by atoms with Gasteiger partial charge in [-0.3, -0.25) is 14.3 Å². The number of fused-ring (bicyclic) bond motifs is 1. The number of hydrogen-bond donors (Lipinski definition) is 2. The molecule has 0 atom stereocenters. The van der Waals surface area contributed by atoms with Gasteiger partial charge in [0.05, 0.1) is 11.8 Å². The molecule has 2 aromatic carbocycles. The van der Waals surface area contributed by atoms with Crippen molar-refractivity contribution in [2.75, 3.05) is 17.7 Å². The number of anilines is 2. The molecule has 6 rings (SSSR count). The third-order valence-electron chi connectivity index (χ3n) is 6.56. The maximum absolute atomic E-state index is 12.7. The third-order valence-corrected chi connectivity index (χ3v) is 6.56. The summed E-state index contributed by atoms with van der Waals surface area (Å²) in [7, 11) is 5.29. The topological polar surface area (TPSA) is 129 Å². The summed E-state index contributed by atoms with van der Waals surface area (Å²) in [5.74, 6) is 0.893. The normalized spacial score (nSPS) is 11.0. The highest BCUT2D eigenvalue weighted by Gasteiger charge is 2.24. The molecule has 0 radical (unpaired) electrons. The predicted molar refractivity (Wildman–Crippen MR) is 155 cm³/mol. The van der Waals surface area contributed by atoms with Crippen LogP contribution in [0.1, 0.15) is 10.4 Å². The SMILES string of the molecule is CNc1cccc(-c2c(-c3cnn(C)c3)oc3ncnc(Oc4ccc(NC(=O)c5cccn(C)c5=O)cc4)c23)c1. The molecule has 4 heterocycles. The molecule has 0 unspecified atom stereocenters. The van der Waals surface area contributed by atoms with Crippen LogP contribution in [0.2, 0.25) is 0 Å². The van der Waals surface area contributed by atoms with Crippen molar-refractivity contribution in [3.8, 4) is 34.1 Å². The van der Waals surface area contributed by atoms with Gasteiger partial charge in [-0.1, -0.05) is 12.1 Å². The van der Waals surface area contributed by atoms with Crippen molar-refractivity contribution in [2.45, 2.75) is 0 Å². The van der Waals surface area contributed by atoms with Crippen molar-refractivity contribution < 1.29 is 13.9 Å². The number of pyridine rings is 1. The lowest BCUT2D eigenvalue weighted by molar-refractivity contribution is 0.102. The molecule has 204 valence electrons. The van der Waals surface area contributed by atoms with Crippen LogP contribution in [0.5, 0.6) is 11.6 Å². The molecule has 0 saturated heterocycles. The first-order chi connectivity index (χ1) is 19.9. The number of furan rings is 1. The van der Waals surface area contributed by atoms with E-state index in [-0.39, 0.29) is 11.1 Å². The number of amides is 1. The highest BCUT2D eigenvalue weighted by molar-refractivity contribution is 6.04. The van der Waals surface area contributed by atoms with Crippen molar-refractivity contribution in [3.63, 3.8) is 0 Å². The summed E-state index contributed by atoms with van der Waals surface area (Å²) in [6, 6.07) is 17.8. The fraction of sp³-hybridized carbons (Fsp3) is 0.100. The summed E-state index contributed by atoms with van der Waals surface area (Å²) < 4.78 is 15.5. The van der Waals surface area contributed by atoms with Gasteiger partial charge < -0.3 is 24.4 Å². The second-order valence-corrected chi connectivity index (χ2v) is 9.32. The summed E-state index contributed by atoms with van der Waals surface area (Å²) in [5.41, 5.74) is 3.93. The third kappa shape index (κ3) is 4.91. The monoisotopic (exact) mass is 547 g/mol. The van der Waals surface area contributed by atoms with Crippen molar-refractivity contribution in [1.29, 1.82) is 0 Å². The van der Waals surface area contributed by atoms with Crippen LogP contribution in [0.25, 0.3) is 33.6 Å². The maximum atomic E-state index is 12.7. The standard InChI is InChI=1S/C30H25N7O4/c1-31-21-7-4-6-18(14-21)24-25-28(32-17-33-29(25)41-26(24)19-15-34-37(3)16-19)40-22-11-9-20(10-12-22)35-27(38)23-8-5-13-36(2)30(23)39/h4-17,31H,1-3H3,(H,35,38). The van der Waals surface area contributed by atoms with Gasteiger partial charge in [-0.25, -0.2) is 9.97 Å². The van der Waals surface area contributed by atoms with Crippen LogP contribution in [0.3, 0.4) is 0 Å². The second-order valence-electron chi connectivity index (χ2n) is 9.32. The van der Waals surface area contributed by atoms with Gasteiger partial charge in [0.25, 0.3) is 11.5 Å². The first-order valence-electron chi connectivity index (χ1n) is 12.7. The summed E-state index contributed by atoms with van der Waals surface area (Å²) >= 11 is 0. The number of carbonyl (C=O) groups is 1. The van der Waals surface area contributed by atoms with Gasteiger partial charge in [-0.15, -0.1) is 0 Å². The Kier molecular flexibility index (Phi) is 6.52. The number of hydrogen-bond acceptors (Lipinski definition) is 8. The Morgan fingerprint density at radius 3 is 2.56 bits per heavy atom. The number of rotatable bonds is 7. The number of nitrogens with zero attached hydrogens (tertiary/aromatic N) is 5. The molecule has 0 bridgehead atoms. The van der Waals surface area contributed by atoms with Gasteiger partial charge in [0, 0.05) is 50.5 Å². The summed E-state index contributed by atoms with van der Waals surface area (Å²) in [6.07, 6.45) is 6.58. The lowest BCUT2D eigenvalue weighted by Crippen LogP contribution is -2.26. The Balaban J connectivity index is 1.36. The molecule has 2 N–H and O–H groups in total. The summed E-state index contributed by atoms with van der Waals surface area (Å²) in [4.78, 5) is 33.7. The molecule has 0 spiro atoms. The summed E-state index contributed by atoms with van der Waals surface area (Å²) in [5, 5.41) is 10.8. The first kappa shape index (κ1) is 25.6. The number of aryl methyl sites for hydroxylation is 2. The van der Waals surface area contributed by atoms with Crippen LogP contribution in [0, 0.1) is 0 Å². The average Bonchev–Trinajstić information content (AvgIpc) is 3.59. The van der Waals surface area contributed by atoms with Crippen molar-refractivity contribution in [2.24, 2.45) is 14.1 Å². The molecule has 41 heavy (non-hydrogen) atoms. The Hall–Kier alpha value is -5.71. The molecule has 0 saturated carbocycles. The molecular formula is C30H25N7O4. The fourth-order valence-electron chi connectivity index (χ4n) is 4.52. The molecule has 0 aliphatic carbocycles. The minimum Gasteiger partial charge on any atom is -0.438 e. The largest absolute Gasteiger partial charge is 0.438 e. The van der Waals surface area contributed by atoms with E-state index < -0.39 is 5.91 Å². The Morgan fingerprint density at radius 2 is 1.80 bits per heavy atom. The Bertz CT molecular complexity index is 1950. The van der Waals surface area contributed by atoms with Crippen molar-refractivity contribution in [1.82, 2.24) is 24.3 Å². The molecule has 0 aliphatic heterocycles. The second kappa shape index (κ2) is 10.5. The Labute approximate surface area is 234 Å². The Morgan fingerprint density at radius 1 is 0.976 bits per heavy atom. The van der Waals surface area contributed by atoms with E-state index in [1.807, 2.05) is 44.6 Å². The van der Waals surface area contributed by atoms with E-state index in [2.05, 4.69) is 25.7 Å². The number of aromatic nitrogens is 5. The van der Waals surface area contributed by atoms with Crippen LogP contribution in [-0.4, -0.2) is 37.3 Å². The highest BCUT2D eigenvalue weighted by atomic mass is 16.5. The van der Waals surface area contributed by atoms with Gasteiger partial charge in [-0.05, 0) is 54.1 Å². The molecule has 6 aromatic rings. The van der Waals surface area contributed by atoms with E-state index in [0.717, 1.165) is 22.4 Å². The molecule has 11 nitrogen and oxygen atoms in total. The molecule has 0 aliphatic rings. The fourth-order valence-corrected chi connectivity index (χ4v) is 4.52. The van der Waals surface area contributed by atoms with Crippen LogP contribution in [-0.2, 0) is 14.1 Å². The molecular weight excluding hydrogens is 522 g/mol. The minimum atomic E-state index is -0.493. The van der Waals surface area contributed by atoms with E-state index in [1.165, 1.54) is 17.0 Å². The van der Waals surface area contributed by atoms with E-state index in [0.29, 0.717) is 34.2 Å². The van der Waals surface area contributed by atoms with E-state index in [4.69, 9.17) is 9.15 Å². The first-order valence-corrected chi connectivity index (χ1v) is 12.7. The van der Waals surface area contributed by atoms with Gasteiger partial charge >= 0.3 is 0 Å². The predicted octanol–water partition coefficient (Wildman–Crippen LogP) is 5.08. The molecule has 11 heteroatoms. The number of ether oxygens (including phenoxy) is 1. The van der Waals surface area contributed by atoms with Gasteiger partial charge in [0.1, 0.15) is 28.8 Å². The summed E-state index contributed by atoms with van der Waals surface area (Å²) in [6.45, 7) is 0. The molecule has 1 amide bonds. The van der Waals surface area contributed by atoms with Crippen LogP contribution >= 0.6 is 0 Å². The zero-order chi connectivity index (χ0) is 28.5. The van der Waals surface area contributed by atoms with Crippen molar-refractivity contribution >= 4 is 28.4 Å². The van der Waals surface area contributed by atoms with E-state index >= 15 is 0 Å². The zero-order valence-corrected chi connectivity index (χ0v) is 22.5. The van der Waals surface area contributed by atoms with E-state index in [9.17, 15) is 9.59 Å². The van der Waals surface area contributed by atoms with E-state index in [1.54, 1.807) is 54.5 Å². The smallest absolute Gasteiger partial charge is 0.263 e. The number of carbonyl (C=O) groups excluding carboxylic acids is 1. The molecule has 0 fully saturated rings. The van der Waals surface area contributed by atoms with Crippen LogP contribution in [0.15, 0.2) is 94.8 Å². The zero-order valence-electron chi connectivity index (χ0n) is 22.5. The maximum Gasteiger partial charge on any atom is 0.263 e. The quantitative estimate of drug-likeness (QED) is 0.283. The number of benzene rings is 2. The van der Waals surface area contributed by atoms with Crippen molar-refractivity contribution in [3.05, 3.63) is 101 Å². The van der Waals surface area contributed by atoms with Crippen LogP contribution < -0.4 is 20.9 Å². The van der Waals surface area contributed by atoms with Gasteiger partial charge in [0.2, 0.25) is 11.6 Å². The molecule has 4 aromatic heterocycles.